The van der Waals surface area contributed by atoms with Crippen molar-refractivity contribution in [3.8, 4) is 0 Å². The van der Waals surface area contributed by atoms with Crippen LogP contribution in [0.2, 0.25) is 0 Å². The van der Waals surface area contributed by atoms with Gasteiger partial charge in [0.05, 0.1) is 0 Å². The topological polar surface area (TPSA) is 16.1 Å². The molecule has 0 N–H and O–H groups in total. The lowest BCUT2D eigenvalue weighted by atomic mass is 10.1. The molecular formula is C14H24N2. The van der Waals surface area contributed by atoms with E-state index in [9.17, 15) is 0 Å². The highest BCUT2D eigenvalue weighted by molar-refractivity contribution is 5.55. The Kier molecular flexibility index (Phi) is 4.78. The molecule has 0 spiro atoms. The van der Waals surface area contributed by atoms with E-state index in [1.54, 1.807) is 0 Å². The van der Waals surface area contributed by atoms with Gasteiger partial charge in [-0.25, -0.2) is 0 Å². The molecule has 0 amide bonds. The van der Waals surface area contributed by atoms with Crippen LogP contribution in [-0.4, -0.2) is 18.1 Å². The molecule has 1 fully saturated rings. The molecule has 1 aliphatic heterocycles. The molecular weight excluding hydrogens is 196 g/mol. The fourth-order valence-corrected chi connectivity index (χ4v) is 2.16. The van der Waals surface area contributed by atoms with Crippen LogP contribution in [0, 0.1) is 20.8 Å². The molecule has 1 aromatic heterocycles. The molecule has 2 heterocycles. The van der Waals surface area contributed by atoms with Crippen LogP contribution in [0.5, 0.6) is 0 Å². The highest BCUT2D eigenvalue weighted by atomic mass is 15.1. The third-order valence-electron chi connectivity index (χ3n) is 3.06. The van der Waals surface area contributed by atoms with E-state index in [1.807, 2.05) is 13.8 Å². The predicted octanol–water partition coefficient (Wildman–Crippen LogP) is 3.63. The van der Waals surface area contributed by atoms with Crippen molar-refractivity contribution in [1.82, 2.24) is 4.98 Å². The molecule has 2 heteroatoms. The molecule has 0 radical (unpaired) electrons. The van der Waals surface area contributed by atoms with Gasteiger partial charge in [-0.2, -0.15) is 0 Å². The Morgan fingerprint density at radius 3 is 2.19 bits per heavy atom. The van der Waals surface area contributed by atoms with Crippen molar-refractivity contribution >= 4 is 5.69 Å². The summed E-state index contributed by atoms with van der Waals surface area (Å²) in [6, 6.07) is 2.22. The first kappa shape index (κ1) is 13.0. The molecule has 0 saturated carbocycles. The molecule has 0 aromatic carbocycles. The number of anilines is 1. The van der Waals surface area contributed by atoms with Gasteiger partial charge in [-0.15, -0.1) is 0 Å². The summed E-state index contributed by atoms with van der Waals surface area (Å²) in [5, 5.41) is 0. The van der Waals surface area contributed by atoms with Crippen LogP contribution in [0.1, 0.15) is 43.6 Å². The van der Waals surface area contributed by atoms with E-state index in [4.69, 9.17) is 0 Å². The minimum absolute atomic E-state index is 1.13. The number of hydrogen-bond donors (Lipinski definition) is 0. The summed E-state index contributed by atoms with van der Waals surface area (Å²) < 4.78 is 0. The average molecular weight is 220 g/mol. The first-order valence-corrected chi connectivity index (χ1v) is 6.38. The van der Waals surface area contributed by atoms with Crippen LogP contribution in [0.25, 0.3) is 0 Å². The summed E-state index contributed by atoms with van der Waals surface area (Å²) in [5.41, 5.74) is 5.05. The Balaban J connectivity index is 0.000000606. The minimum Gasteiger partial charge on any atom is -0.371 e. The molecule has 1 aromatic rings. The van der Waals surface area contributed by atoms with Crippen LogP contribution in [0.15, 0.2) is 6.07 Å². The fourth-order valence-electron chi connectivity index (χ4n) is 2.16. The first-order valence-electron chi connectivity index (χ1n) is 6.38. The van der Waals surface area contributed by atoms with Gasteiger partial charge in [0.15, 0.2) is 0 Å². The summed E-state index contributed by atoms with van der Waals surface area (Å²) >= 11 is 0. The fraction of sp³-hybridized carbons (Fsp3) is 0.643. The largest absolute Gasteiger partial charge is 0.371 e. The molecule has 0 aliphatic carbocycles. The molecule has 90 valence electrons. The van der Waals surface area contributed by atoms with Gasteiger partial charge < -0.3 is 4.90 Å². The predicted molar refractivity (Wildman–Crippen MR) is 71.2 cm³/mol. The van der Waals surface area contributed by atoms with Crippen molar-refractivity contribution in [2.75, 3.05) is 18.0 Å². The molecule has 0 unspecified atom stereocenters. The van der Waals surface area contributed by atoms with Crippen LogP contribution < -0.4 is 4.90 Å². The van der Waals surface area contributed by atoms with Gasteiger partial charge in [0, 0.05) is 30.2 Å². The van der Waals surface area contributed by atoms with Gasteiger partial charge >= 0.3 is 0 Å². The maximum atomic E-state index is 4.48. The number of rotatable bonds is 1. The number of hydrogen-bond acceptors (Lipinski definition) is 2. The van der Waals surface area contributed by atoms with Crippen LogP contribution >= 0.6 is 0 Å². The third kappa shape index (κ3) is 2.75. The highest BCUT2D eigenvalue weighted by Gasteiger charge is 2.15. The van der Waals surface area contributed by atoms with Crippen molar-refractivity contribution in [2.45, 2.75) is 47.5 Å². The number of aryl methyl sites for hydroxylation is 2. The number of aromatic nitrogens is 1. The van der Waals surface area contributed by atoms with Gasteiger partial charge in [-0.3, -0.25) is 4.98 Å². The normalized spacial score (nSPS) is 14.7. The quantitative estimate of drug-likeness (QED) is 0.718. The molecule has 0 bridgehead atoms. The van der Waals surface area contributed by atoms with E-state index >= 15 is 0 Å². The molecule has 0 atom stereocenters. The number of nitrogens with zero attached hydrogens (tertiary/aromatic N) is 2. The summed E-state index contributed by atoms with van der Waals surface area (Å²) in [6.07, 6.45) is 2.67. The maximum Gasteiger partial charge on any atom is 0.0432 e. The summed E-state index contributed by atoms with van der Waals surface area (Å²) in [5.74, 6) is 0. The summed E-state index contributed by atoms with van der Waals surface area (Å²) in [6.45, 7) is 12.8. The van der Waals surface area contributed by atoms with Crippen molar-refractivity contribution in [3.63, 3.8) is 0 Å². The molecule has 1 aliphatic rings. The van der Waals surface area contributed by atoms with Gasteiger partial charge in [-0.05, 0) is 45.2 Å². The lowest BCUT2D eigenvalue weighted by Crippen LogP contribution is -2.19. The van der Waals surface area contributed by atoms with E-state index in [0.717, 1.165) is 5.69 Å². The van der Waals surface area contributed by atoms with Gasteiger partial charge in [0.2, 0.25) is 0 Å². The monoisotopic (exact) mass is 220 g/mol. The van der Waals surface area contributed by atoms with E-state index < -0.39 is 0 Å². The molecule has 2 rings (SSSR count). The van der Waals surface area contributed by atoms with Crippen LogP contribution in [0.3, 0.4) is 0 Å². The van der Waals surface area contributed by atoms with E-state index in [-0.39, 0.29) is 0 Å². The third-order valence-corrected chi connectivity index (χ3v) is 3.06. The van der Waals surface area contributed by atoms with Crippen LogP contribution in [-0.2, 0) is 0 Å². The second kappa shape index (κ2) is 5.88. The molecule has 1 saturated heterocycles. The highest BCUT2D eigenvalue weighted by Crippen LogP contribution is 2.26. The first-order chi connectivity index (χ1) is 7.68. The Morgan fingerprint density at radius 2 is 1.62 bits per heavy atom. The zero-order valence-electron chi connectivity index (χ0n) is 11.3. The van der Waals surface area contributed by atoms with Crippen LogP contribution in [0.4, 0.5) is 5.69 Å². The van der Waals surface area contributed by atoms with Crippen molar-refractivity contribution in [2.24, 2.45) is 0 Å². The second-order valence-electron chi connectivity index (χ2n) is 4.19. The smallest absolute Gasteiger partial charge is 0.0432 e. The van der Waals surface area contributed by atoms with Gasteiger partial charge in [0.25, 0.3) is 0 Å². The Labute approximate surface area is 99.7 Å². The zero-order valence-corrected chi connectivity index (χ0v) is 11.3. The average Bonchev–Trinajstić information content (AvgIpc) is 2.79. The lowest BCUT2D eigenvalue weighted by Gasteiger charge is -2.21. The lowest BCUT2D eigenvalue weighted by molar-refractivity contribution is 0.943. The Bertz CT molecular complexity index is 339. The standard InChI is InChI=1S/C12H18N2.C2H6/c1-9-8-12(10(2)11(3)13-9)14-6-4-5-7-14;1-2/h8H,4-7H2,1-3H3;1-2H3. The second-order valence-corrected chi connectivity index (χ2v) is 4.19. The Morgan fingerprint density at radius 1 is 1.06 bits per heavy atom. The summed E-state index contributed by atoms with van der Waals surface area (Å²) in [7, 11) is 0. The van der Waals surface area contributed by atoms with Crippen molar-refractivity contribution in [1.29, 1.82) is 0 Å². The van der Waals surface area contributed by atoms with E-state index in [2.05, 4.69) is 36.7 Å². The SMILES string of the molecule is CC.Cc1cc(N2CCCC2)c(C)c(C)n1. The molecule has 16 heavy (non-hydrogen) atoms. The van der Waals surface area contributed by atoms with Crippen molar-refractivity contribution < 1.29 is 0 Å². The van der Waals surface area contributed by atoms with Gasteiger partial charge in [-0.1, -0.05) is 13.8 Å². The number of pyridine rings is 1. The zero-order chi connectivity index (χ0) is 12.1. The van der Waals surface area contributed by atoms with Gasteiger partial charge in [0.1, 0.15) is 0 Å². The molecule has 2 nitrogen and oxygen atoms in total. The Hall–Kier alpha value is -1.05. The van der Waals surface area contributed by atoms with Crippen molar-refractivity contribution in [3.05, 3.63) is 23.0 Å². The minimum atomic E-state index is 1.13. The van der Waals surface area contributed by atoms with E-state index in [1.165, 1.54) is 42.9 Å². The maximum absolute atomic E-state index is 4.48. The van der Waals surface area contributed by atoms with E-state index in [0.29, 0.717) is 0 Å². The summed E-state index contributed by atoms with van der Waals surface area (Å²) in [4.78, 5) is 6.96.